The molecule has 1 aliphatic heterocycles. The second-order valence-electron chi connectivity index (χ2n) is 4.18. The number of hydroxylamine groups is 2. The first-order chi connectivity index (χ1) is 9.36. The van der Waals surface area contributed by atoms with Gasteiger partial charge in [-0.2, -0.15) is 5.06 Å². The fourth-order valence-electron chi connectivity index (χ4n) is 1.88. The summed E-state index contributed by atoms with van der Waals surface area (Å²) in [6.45, 7) is 4.71. The zero-order valence-corrected chi connectivity index (χ0v) is 12.0. The molecular weight excluding hydrogens is 270 g/mol. The van der Waals surface area contributed by atoms with Crippen molar-refractivity contribution in [3.8, 4) is 0 Å². The Morgan fingerprint density at radius 3 is 2.35 bits per heavy atom. The summed E-state index contributed by atoms with van der Waals surface area (Å²) in [6, 6.07) is -0.848. The Morgan fingerprint density at radius 2 is 1.85 bits per heavy atom. The molecule has 0 amide bonds. The van der Waals surface area contributed by atoms with Crippen LogP contribution in [-0.2, 0) is 33.4 Å². The quantitative estimate of drug-likeness (QED) is 0.516. The lowest BCUT2D eigenvalue weighted by atomic mass is 10.1. The Bertz CT molecular complexity index is 397. The number of hydrogen-bond donors (Lipinski definition) is 0. The van der Waals surface area contributed by atoms with Gasteiger partial charge < -0.3 is 14.2 Å². The van der Waals surface area contributed by atoms with Gasteiger partial charge in [0.2, 0.25) is 0 Å². The van der Waals surface area contributed by atoms with Crippen molar-refractivity contribution in [1.29, 1.82) is 0 Å². The molecule has 0 unspecified atom stereocenters. The second kappa shape index (κ2) is 6.67. The third kappa shape index (κ3) is 3.45. The molecule has 1 aliphatic rings. The molecule has 1 fully saturated rings. The average molecular weight is 289 g/mol. The fraction of sp³-hybridized carbons (Fsp3) is 0.750. The molecular formula is C12H19NO7. The SMILES string of the molecule is CCOC(=O)[C@H]1C[C@@](OC(C)=O)(C(=O)OCC)ON1C. The lowest BCUT2D eigenvalue weighted by Crippen LogP contribution is -2.44. The molecule has 1 heterocycles. The highest BCUT2D eigenvalue weighted by molar-refractivity contribution is 5.84. The van der Waals surface area contributed by atoms with Crippen LogP contribution in [0, 0.1) is 0 Å². The smallest absolute Gasteiger partial charge is 0.381 e. The van der Waals surface area contributed by atoms with Crippen LogP contribution in [0.4, 0.5) is 0 Å². The minimum absolute atomic E-state index is 0.0962. The number of ether oxygens (including phenoxy) is 3. The molecule has 0 spiro atoms. The highest BCUT2D eigenvalue weighted by Crippen LogP contribution is 2.33. The van der Waals surface area contributed by atoms with Crippen LogP contribution >= 0.6 is 0 Å². The summed E-state index contributed by atoms with van der Waals surface area (Å²) in [4.78, 5) is 40.2. The van der Waals surface area contributed by atoms with Gasteiger partial charge in [-0.1, -0.05) is 0 Å². The first-order valence-electron chi connectivity index (χ1n) is 6.31. The van der Waals surface area contributed by atoms with Crippen molar-refractivity contribution in [3.63, 3.8) is 0 Å². The second-order valence-corrected chi connectivity index (χ2v) is 4.18. The van der Waals surface area contributed by atoms with Gasteiger partial charge in [-0.25, -0.2) is 9.63 Å². The molecule has 0 saturated carbocycles. The highest BCUT2D eigenvalue weighted by Gasteiger charge is 2.57. The van der Waals surface area contributed by atoms with Crippen LogP contribution in [-0.4, -0.2) is 55.1 Å². The first-order valence-corrected chi connectivity index (χ1v) is 6.31. The van der Waals surface area contributed by atoms with E-state index in [9.17, 15) is 14.4 Å². The highest BCUT2D eigenvalue weighted by atomic mass is 16.8. The number of rotatable bonds is 5. The third-order valence-electron chi connectivity index (χ3n) is 2.65. The number of carbonyl (C=O) groups is 3. The molecule has 0 aromatic rings. The minimum Gasteiger partial charge on any atom is -0.465 e. The van der Waals surface area contributed by atoms with E-state index in [0.29, 0.717) is 0 Å². The van der Waals surface area contributed by atoms with E-state index in [-0.39, 0.29) is 19.6 Å². The van der Waals surface area contributed by atoms with E-state index in [0.717, 1.165) is 12.0 Å². The Kier molecular flexibility index (Phi) is 5.46. The molecule has 20 heavy (non-hydrogen) atoms. The molecule has 114 valence electrons. The topological polar surface area (TPSA) is 91.4 Å². The van der Waals surface area contributed by atoms with Gasteiger partial charge in [0.15, 0.2) is 0 Å². The molecule has 0 bridgehead atoms. The Balaban J connectivity index is 2.94. The largest absolute Gasteiger partial charge is 0.465 e. The van der Waals surface area contributed by atoms with Crippen molar-refractivity contribution in [2.75, 3.05) is 20.3 Å². The van der Waals surface area contributed by atoms with Crippen LogP contribution in [0.15, 0.2) is 0 Å². The van der Waals surface area contributed by atoms with E-state index in [4.69, 9.17) is 19.0 Å². The van der Waals surface area contributed by atoms with Gasteiger partial charge in [-0.15, -0.1) is 0 Å². The maximum atomic E-state index is 12.0. The van der Waals surface area contributed by atoms with Gasteiger partial charge in [0.1, 0.15) is 6.04 Å². The van der Waals surface area contributed by atoms with E-state index >= 15 is 0 Å². The Labute approximate surface area is 116 Å². The molecule has 1 saturated heterocycles. The van der Waals surface area contributed by atoms with Gasteiger partial charge in [0.05, 0.1) is 19.6 Å². The van der Waals surface area contributed by atoms with Crippen LogP contribution in [0.3, 0.4) is 0 Å². The maximum absolute atomic E-state index is 12.0. The van der Waals surface area contributed by atoms with Crippen molar-refractivity contribution >= 4 is 17.9 Å². The minimum atomic E-state index is -1.94. The lowest BCUT2D eigenvalue weighted by Gasteiger charge is -2.24. The third-order valence-corrected chi connectivity index (χ3v) is 2.65. The zero-order valence-electron chi connectivity index (χ0n) is 12.0. The van der Waals surface area contributed by atoms with E-state index in [1.165, 1.54) is 7.05 Å². The van der Waals surface area contributed by atoms with E-state index < -0.39 is 29.7 Å². The fourth-order valence-corrected chi connectivity index (χ4v) is 1.88. The predicted octanol–water partition coefficient (Wildman–Crippen LogP) is 0.00770. The zero-order chi connectivity index (χ0) is 15.3. The molecule has 8 heteroatoms. The van der Waals surface area contributed by atoms with Gasteiger partial charge >= 0.3 is 23.7 Å². The summed E-state index contributed by atoms with van der Waals surface area (Å²) in [5, 5.41) is 1.14. The predicted molar refractivity (Wildman–Crippen MR) is 65.0 cm³/mol. The van der Waals surface area contributed by atoms with Crippen molar-refractivity contribution in [2.45, 2.75) is 39.0 Å². The number of carbonyl (C=O) groups excluding carboxylic acids is 3. The Hall–Kier alpha value is -1.67. The summed E-state index contributed by atoms with van der Waals surface area (Å²) in [6.07, 6.45) is -0.180. The normalized spacial score (nSPS) is 26.1. The molecule has 8 nitrogen and oxygen atoms in total. The number of hydrogen-bond acceptors (Lipinski definition) is 8. The summed E-state index contributed by atoms with van der Waals surface area (Å²) < 4.78 is 14.7. The van der Waals surface area contributed by atoms with Crippen molar-refractivity contribution in [2.24, 2.45) is 0 Å². The summed E-state index contributed by atoms with van der Waals surface area (Å²) in [7, 11) is 1.45. The summed E-state index contributed by atoms with van der Waals surface area (Å²) in [5.74, 6) is -4.06. The van der Waals surface area contributed by atoms with Gasteiger partial charge in [-0.05, 0) is 13.8 Å². The van der Waals surface area contributed by atoms with Crippen LogP contribution in [0.1, 0.15) is 27.2 Å². The van der Waals surface area contributed by atoms with E-state index in [2.05, 4.69) is 0 Å². The molecule has 1 rings (SSSR count). The van der Waals surface area contributed by atoms with Gasteiger partial charge in [0.25, 0.3) is 0 Å². The average Bonchev–Trinajstić information content (AvgIpc) is 2.67. The van der Waals surface area contributed by atoms with Crippen molar-refractivity contribution in [1.82, 2.24) is 5.06 Å². The van der Waals surface area contributed by atoms with E-state index in [1.54, 1.807) is 13.8 Å². The van der Waals surface area contributed by atoms with Crippen molar-refractivity contribution in [3.05, 3.63) is 0 Å². The molecule has 0 radical (unpaired) electrons. The van der Waals surface area contributed by atoms with Gasteiger partial charge in [0, 0.05) is 14.0 Å². The van der Waals surface area contributed by atoms with Gasteiger partial charge in [-0.3, -0.25) is 9.59 Å². The van der Waals surface area contributed by atoms with E-state index in [1.807, 2.05) is 0 Å². The summed E-state index contributed by atoms with van der Waals surface area (Å²) >= 11 is 0. The lowest BCUT2D eigenvalue weighted by molar-refractivity contribution is -0.283. The number of nitrogens with zero attached hydrogens (tertiary/aromatic N) is 1. The van der Waals surface area contributed by atoms with Crippen LogP contribution in [0.5, 0.6) is 0 Å². The van der Waals surface area contributed by atoms with Crippen LogP contribution in [0.25, 0.3) is 0 Å². The Morgan fingerprint density at radius 1 is 1.25 bits per heavy atom. The number of likely N-dealkylation sites (N-methyl/N-ethyl adjacent to an activating group) is 1. The molecule has 0 aromatic carbocycles. The first kappa shape index (κ1) is 16.4. The molecule has 2 atom stereocenters. The van der Waals surface area contributed by atoms with Crippen LogP contribution in [0.2, 0.25) is 0 Å². The van der Waals surface area contributed by atoms with Crippen LogP contribution < -0.4 is 0 Å². The number of esters is 3. The molecule has 0 N–H and O–H groups in total. The monoisotopic (exact) mass is 289 g/mol. The molecule has 0 aromatic heterocycles. The standard InChI is InChI=1S/C12H19NO7/c1-5-17-10(15)9-7-12(19-8(3)14,20-13(9)4)11(16)18-6-2/h9H,5-7H2,1-4H3/t9-,12+/m1/s1. The van der Waals surface area contributed by atoms with Crippen molar-refractivity contribution < 1.29 is 33.4 Å². The molecule has 0 aliphatic carbocycles. The summed E-state index contributed by atoms with van der Waals surface area (Å²) in [5.41, 5.74) is 0. The maximum Gasteiger partial charge on any atom is 0.381 e.